The molecule has 0 heterocycles. The van der Waals surface area contributed by atoms with Gasteiger partial charge in [-0.1, -0.05) is 0 Å². The first-order chi connectivity index (χ1) is 11.1. The van der Waals surface area contributed by atoms with Crippen molar-refractivity contribution in [2.24, 2.45) is 0 Å². The summed E-state index contributed by atoms with van der Waals surface area (Å²) in [5.74, 6) is -1.45. The molecule has 1 rings (SSSR count). The first kappa shape index (κ1) is 19.2. The summed E-state index contributed by atoms with van der Waals surface area (Å²) in [6.45, 7) is 4.94. The average Bonchev–Trinajstić information content (AvgIpc) is 2.50. The van der Waals surface area contributed by atoms with Crippen molar-refractivity contribution in [3.63, 3.8) is 0 Å². The molecule has 0 spiro atoms. The number of carbonyl (C=O) groups is 3. The molecular formula is C17H21N3O4. The van der Waals surface area contributed by atoms with Crippen LogP contribution in [-0.4, -0.2) is 48.4 Å². The van der Waals surface area contributed by atoms with Gasteiger partial charge in [-0.25, -0.2) is 4.79 Å². The Kier molecular flexibility index (Phi) is 6.48. The third-order valence-corrected chi connectivity index (χ3v) is 2.90. The highest BCUT2D eigenvalue weighted by Crippen LogP contribution is 2.05. The summed E-state index contributed by atoms with van der Waals surface area (Å²) in [5, 5.41) is 11.4. The molecule has 0 aliphatic rings. The number of hydrogen-bond acceptors (Lipinski definition) is 5. The molecule has 1 aromatic rings. The lowest BCUT2D eigenvalue weighted by atomic mass is 10.1. The van der Waals surface area contributed by atoms with Crippen molar-refractivity contribution in [3.05, 3.63) is 35.4 Å². The SMILES string of the molecule is CN(CC(=O)NC(C)(C)C)C(=O)COC(=O)c1ccc(C#N)cc1. The van der Waals surface area contributed by atoms with E-state index >= 15 is 0 Å². The number of esters is 1. The van der Waals surface area contributed by atoms with E-state index in [2.05, 4.69) is 5.32 Å². The molecule has 0 fully saturated rings. The molecule has 0 bridgehead atoms. The molecule has 0 atom stereocenters. The Morgan fingerprint density at radius 1 is 1.21 bits per heavy atom. The smallest absolute Gasteiger partial charge is 0.338 e. The van der Waals surface area contributed by atoms with Crippen molar-refractivity contribution < 1.29 is 19.1 Å². The lowest BCUT2D eigenvalue weighted by molar-refractivity contribution is -0.137. The largest absolute Gasteiger partial charge is 0.452 e. The molecule has 0 saturated carbocycles. The molecule has 0 aliphatic heterocycles. The summed E-state index contributed by atoms with van der Waals surface area (Å²) < 4.78 is 4.92. The van der Waals surface area contributed by atoms with Crippen LogP contribution in [0.5, 0.6) is 0 Å². The van der Waals surface area contributed by atoms with E-state index in [0.717, 1.165) is 0 Å². The second-order valence-electron chi connectivity index (χ2n) is 6.31. The van der Waals surface area contributed by atoms with Crippen molar-refractivity contribution in [1.29, 1.82) is 5.26 Å². The van der Waals surface area contributed by atoms with Gasteiger partial charge in [0.2, 0.25) is 5.91 Å². The molecule has 24 heavy (non-hydrogen) atoms. The maximum absolute atomic E-state index is 11.9. The number of benzene rings is 1. The summed E-state index contributed by atoms with van der Waals surface area (Å²) >= 11 is 0. The minimum absolute atomic E-state index is 0.121. The highest BCUT2D eigenvalue weighted by atomic mass is 16.5. The molecule has 7 nitrogen and oxygen atoms in total. The maximum atomic E-state index is 11.9. The van der Waals surface area contributed by atoms with Crippen molar-refractivity contribution in [1.82, 2.24) is 10.2 Å². The summed E-state index contributed by atoms with van der Waals surface area (Å²) in [5.41, 5.74) is 0.283. The Hall–Kier alpha value is -2.88. The molecule has 2 amide bonds. The fourth-order valence-corrected chi connectivity index (χ4v) is 1.76. The van der Waals surface area contributed by atoms with Gasteiger partial charge in [-0.2, -0.15) is 5.26 Å². The molecule has 0 radical (unpaired) electrons. The average molecular weight is 331 g/mol. The van der Waals surface area contributed by atoms with Gasteiger partial charge in [0.15, 0.2) is 6.61 Å². The number of amides is 2. The number of likely N-dealkylation sites (N-methyl/N-ethyl adjacent to an activating group) is 1. The molecule has 1 aromatic carbocycles. The van der Waals surface area contributed by atoms with E-state index in [4.69, 9.17) is 10.00 Å². The lowest BCUT2D eigenvalue weighted by Crippen LogP contribution is -2.46. The van der Waals surface area contributed by atoms with E-state index in [1.165, 1.54) is 36.2 Å². The van der Waals surface area contributed by atoms with Crippen LogP contribution in [0.2, 0.25) is 0 Å². The lowest BCUT2D eigenvalue weighted by Gasteiger charge is -2.23. The molecule has 1 N–H and O–H groups in total. The second kappa shape index (κ2) is 8.11. The van der Waals surface area contributed by atoms with E-state index < -0.39 is 18.5 Å². The highest BCUT2D eigenvalue weighted by molar-refractivity contribution is 5.92. The first-order valence-electron chi connectivity index (χ1n) is 7.34. The van der Waals surface area contributed by atoms with Gasteiger partial charge in [0.1, 0.15) is 0 Å². The number of hydrogen-bond donors (Lipinski definition) is 1. The van der Waals surface area contributed by atoms with Crippen LogP contribution in [0.3, 0.4) is 0 Å². The van der Waals surface area contributed by atoms with Crippen LogP contribution < -0.4 is 5.32 Å². The number of nitrogens with zero attached hydrogens (tertiary/aromatic N) is 2. The van der Waals surface area contributed by atoms with Crippen LogP contribution in [0.1, 0.15) is 36.7 Å². The standard InChI is InChI=1S/C17H21N3O4/c1-17(2,3)19-14(21)10-20(4)15(22)11-24-16(23)13-7-5-12(9-18)6-8-13/h5-8H,10-11H2,1-4H3,(H,19,21). The Bertz CT molecular complexity index is 654. The molecular weight excluding hydrogens is 310 g/mol. The van der Waals surface area contributed by atoms with Gasteiger partial charge >= 0.3 is 5.97 Å². The highest BCUT2D eigenvalue weighted by Gasteiger charge is 2.19. The monoisotopic (exact) mass is 331 g/mol. The molecule has 0 unspecified atom stereocenters. The van der Waals surface area contributed by atoms with E-state index in [1.807, 2.05) is 26.8 Å². The normalized spacial score (nSPS) is 10.5. The zero-order valence-electron chi connectivity index (χ0n) is 14.3. The van der Waals surface area contributed by atoms with Gasteiger partial charge in [0, 0.05) is 12.6 Å². The Morgan fingerprint density at radius 2 is 1.79 bits per heavy atom. The number of rotatable bonds is 5. The first-order valence-corrected chi connectivity index (χ1v) is 7.34. The van der Waals surface area contributed by atoms with Crippen molar-refractivity contribution in [2.45, 2.75) is 26.3 Å². The van der Waals surface area contributed by atoms with Gasteiger partial charge < -0.3 is 15.0 Å². The van der Waals surface area contributed by atoms with Crippen molar-refractivity contribution >= 4 is 17.8 Å². The van der Waals surface area contributed by atoms with Crippen LogP contribution in [0.25, 0.3) is 0 Å². The van der Waals surface area contributed by atoms with Crippen LogP contribution in [0.4, 0.5) is 0 Å². The minimum atomic E-state index is -0.666. The third-order valence-electron chi connectivity index (χ3n) is 2.90. The quantitative estimate of drug-likeness (QED) is 0.814. The van der Waals surface area contributed by atoms with Crippen LogP contribution in [0.15, 0.2) is 24.3 Å². The zero-order chi connectivity index (χ0) is 18.3. The van der Waals surface area contributed by atoms with E-state index in [1.54, 1.807) is 0 Å². The molecule has 128 valence electrons. The van der Waals surface area contributed by atoms with Gasteiger partial charge in [-0.3, -0.25) is 9.59 Å². The van der Waals surface area contributed by atoms with Gasteiger partial charge in [0.25, 0.3) is 5.91 Å². The predicted molar refractivity (Wildman–Crippen MR) is 87.0 cm³/mol. The van der Waals surface area contributed by atoms with Crippen LogP contribution >= 0.6 is 0 Å². The Morgan fingerprint density at radius 3 is 2.29 bits per heavy atom. The van der Waals surface area contributed by atoms with Crippen LogP contribution in [0, 0.1) is 11.3 Å². The maximum Gasteiger partial charge on any atom is 0.338 e. The third kappa shape index (κ3) is 6.48. The summed E-state index contributed by atoms with van der Waals surface area (Å²) in [4.78, 5) is 36.7. The summed E-state index contributed by atoms with van der Waals surface area (Å²) in [6.07, 6.45) is 0. The summed E-state index contributed by atoms with van der Waals surface area (Å²) in [7, 11) is 1.46. The van der Waals surface area contributed by atoms with Gasteiger partial charge in [-0.15, -0.1) is 0 Å². The zero-order valence-corrected chi connectivity index (χ0v) is 14.3. The van der Waals surface area contributed by atoms with Gasteiger partial charge in [0.05, 0.1) is 23.7 Å². The number of ether oxygens (including phenoxy) is 1. The topological polar surface area (TPSA) is 99.5 Å². The second-order valence-corrected chi connectivity index (χ2v) is 6.31. The van der Waals surface area contributed by atoms with Gasteiger partial charge in [-0.05, 0) is 45.0 Å². The Labute approximate surface area is 141 Å². The fraction of sp³-hybridized carbons (Fsp3) is 0.412. The number of nitriles is 1. The fourth-order valence-electron chi connectivity index (χ4n) is 1.76. The van der Waals surface area contributed by atoms with Crippen LogP contribution in [-0.2, 0) is 14.3 Å². The minimum Gasteiger partial charge on any atom is -0.452 e. The van der Waals surface area contributed by atoms with Crippen molar-refractivity contribution in [3.8, 4) is 6.07 Å². The number of nitrogens with one attached hydrogen (secondary N) is 1. The molecule has 0 aliphatic carbocycles. The van der Waals surface area contributed by atoms with Crippen molar-refractivity contribution in [2.75, 3.05) is 20.2 Å². The number of carbonyl (C=O) groups excluding carboxylic acids is 3. The molecule has 0 aromatic heterocycles. The predicted octanol–water partition coefficient (Wildman–Crippen LogP) is 1.09. The van der Waals surface area contributed by atoms with E-state index in [-0.39, 0.29) is 23.6 Å². The van der Waals surface area contributed by atoms with E-state index in [0.29, 0.717) is 5.56 Å². The van der Waals surface area contributed by atoms with E-state index in [9.17, 15) is 14.4 Å². The molecule has 0 saturated heterocycles. The molecule has 7 heteroatoms. The summed E-state index contributed by atoms with van der Waals surface area (Å²) in [6, 6.07) is 7.82. The Balaban J connectivity index is 2.48.